The number of pyridine rings is 1. The van der Waals surface area contributed by atoms with E-state index in [1.807, 2.05) is 12.1 Å². The van der Waals surface area contributed by atoms with E-state index >= 15 is 0 Å². The molecule has 3 rings (SSSR count). The molecule has 3 aromatic rings. The van der Waals surface area contributed by atoms with Crippen LogP contribution in [0.25, 0.3) is 21.8 Å². The summed E-state index contributed by atoms with van der Waals surface area (Å²) in [6, 6.07) is 14.6. The van der Waals surface area contributed by atoms with E-state index in [9.17, 15) is 0 Å². The third-order valence-corrected chi connectivity index (χ3v) is 4.63. The van der Waals surface area contributed by atoms with Crippen LogP contribution in [-0.4, -0.2) is 4.98 Å². The second-order valence-electron chi connectivity index (χ2n) is 6.37. The van der Waals surface area contributed by atoms with Crippen LogP contribution in [0.3, 0.4) is 0 Å². The van der Waals surface area contributed by atoms with E-state index in [1.54, 1.807) is 0 Å². The van der Waals surface area contributed by atoms with Gasteiger partial charge in [-0.25, -0.2) is 4.98 Å². The summed E-state index contributed by atoms with van der Waals surface area (Å²) in [5.41, 5.74) is 10.4. The Labute approximate surface area is 138 Å². The minimum atomic E-state index is 0.775. The fourth-order valence-electron chi connectivity index (χ4n) is 3.37. The zero-order valence-electron chi connectivity index (χ0n) is 14.0. The summed E-state index contributed by atoms with van der Waals surface area (Å²) in [4.78, 5) is 4.78. The lowest BCUT2D eigenvalue weighted by molar-refractivity contribution is 0.609. The zero-order chi connectivity index (χ0) is 16.1. The zero-order valence-corrected chi connectivity index (χ0v) is 14.0. The Hall–Kier alpha value is -2.09. The van der Waals surface area contributed by atoms with Gasteiger partial charge in [0.15, 0.2) is 0 Å². The summed E-state index contributed by atoms with van der Waals surface area (Å²) in [5, 5.41) is 2.50. The van der Waals surface area contributed by atoms with E-state index in [4.69, 9.17) is 10.7 Å². The predicted octanol–water partition coefficient (Wildman–Crippen LogP) is 5.87. The monoisotopic (exact) mass is 306 g/mol. The Morgan fingerprint density at radius 1 is 0.826 bits per heavy atom. The van der Waals surface area contributed by atoms with Crippen LogP contribution in [0, 0.1) is 0 Å². The molecule has 2 heteroatoms. The van der Waals surface area contributed by atoms with Crippen LogP contribution >= 0.6 is 0 Å². The molecule has 0 amide bonds. The van der Waals surface area contributed by atoms with Crippen molar-refractivity contribution < 1.29 is 0 Å². The molecule has 0 radical (unpaired) electrons. The van der Waals surface area contributed by atoms with Crippen LogP contribution in [-0.2, 0) is 6.42 Å². The summed E-state index contributed by atoms with van der Waals surface area (Å²) in [6.45, 7) is 2.26. The Morgan fingerprint density at radius 3 is 2.43 bits per heavy atom. The maximum absolute atomic E-state index is 6.16. The molecule has 0 aliphatic heterocycles. The summed E-state index contributed by atoms with van der Waals surface area (Å²) in [6.07, 6.45) is 9.02. The Bertz CT molecular complexity index is 792. The summed E-state index contributed by atoms with van der Waals surface area (Å²) < 4.78 is 0. The van der Waals surface area contributed by atoms with Crippen molar-refractivity contribution >= 4 is 27.5 Å². The number of aryl methyl sites for hydroxylation is 1. The fraction of sp³-hybridized carbons (Fsp3) is 0.381. The maximum atomic E-state index is 6.16. The molecule has 0 aliphatic rings. The van der Waals surface area contributed by atoms with Gasteiger partial charge in [0.05, 0.1) is 16.7 Å². The van der Waals surface area contributed by atoms with Gasteiger partial charge < -0.3 is 5.73 Å². The highest BCUT2D eigenvalue weighted by molar-refractivity contribution is 6.01. The van der Waals surface area contributed by atoms with Gasteiger partial charge in [-0.05, 0) is 30.5 Å². The van der Waals surface area contributed by atoms with Crippen LogP contribution in [0.2, 0.25) is 0 Å². The van der Waals surface area contributed by atoms with E-state index in [0.29, 0.717) is 0 Å². The first-order valence-electron chi connectivity index (χ1n) is 8.87. The molecule has 0 atom stereocenters. The van der Waals surface area contributed by atoms with Gasteiger partial charge in [0.25, 0.3) is 0 Å². The van der Waals surface area contributed by atoms with Crippen LogP contribution in [0.15, 0.2) is 42.5 Å². The first kappa shape index (κ1) is 15.8. The van der Waals surface area contributed by atoms with Gasteiger partial charge in [-0.15, -0.1) is 0 Å². The number of aromatic nitrogens is 1. The molecule has 0 spiro atoms. The summed E-state index contributed by atoms with van der Waals surface area (Å²) >= 11 is 0. The van der Waals surface area contributed by atoms with Crippen molar-refractivity contribution in [2.45, 2.75) is 51.9 Å². The van der Waals surface area contributed by atoms with E-state index in [0.717, 1.165) is 23.1 Å². The summed E-state index contributed by atoms with van der Waals surface area (Å²) in [5.74, 6) is 0. The first-order valence-corrected chi connectivity index (χ1v) is 8.87. The number of nitrogens with zero attached hydrogens (tertiary/aromatic N) is 1. The molecule has 1 aromatic heterocycles. The minimum Gasteiger partial charge on any atom is -0.397 e. The van der Waals surface area contributed by atoms with Gasteiger partial charge in [-0.2, -0.15) is 0 Å². The fourth-order valence-corrected chi connectivity index (χ4v) is 3.37. The molecule has 0 saturated carbocycles. The number of rotatable bonds is 7. The standard InChI is InChI=1S/C21H26N2/c1-2-3-4-5-6-7-11-16-17-12-8-9-15-20(17)23-21-18(16)13-10-14-19(21)22/h8-10,12-15H,2-7,11,22H2,1H3. The van der Waals surface area contributed by atoms with Gasteiger partial charge in [-0.1, -0.05) is 69.4 Å². The van der Waals surface area contributed by atoms with E-state index in [1.165, 1.54) is 54.9 Å². The Balaban J connectivity index is 1.90. The highest BCUT2D eigenvalue weighted by Gasteiger charge is 2.10. The number of anilines is 1. The van der Waals surface area contributed by atoms with E-state index < -0.39 is 0 Å². The van der Waals surface area contributed by atoms with Gasteiger partial charge >= 0.3 is 0 Å². The van der Waals surface area contributed by atoms with Crippen LogP contribution in [0.5, 0.6) is 0 Å². The molecule has 2 aromatic carbocycles. The molecule has 0 aliphatic carbocycles. The first-order chi connectivity index (χ1) is 11.3. The number of para-hydroxylation sites is 2. The number of hydrogen-bond donors (Lipinski definition) is 1. The third-order valence-electron chi connectivity index (χ3n) is 4.63. The molecule has 2 nitrogen and oxygen atoms in total. The predicted molar refractivity (Wildman–Crippen MR) is 101 cm³/mol. The highest BCUT2D eigenvalue weighted by Crippen LogP contribution is 2.30. The molecule has 0 unspecified atom stereocenters. The number of nitrogen functional groups attached to an aromatic ring is 1. The van der Waals surface area contributed by atoms with Gasteiger partial charge in [-0.3, -0.25) is 0 Å². The molecule has 23 heavy (non-hydrogen) atoms. The van der Waals surface area contributed by atoms with Crippen molar-refractivity contribution in [3.8, 4) is 0 Å². The number of unbranched alkanes of at least 4 members (excludes halogenated alkanes) is 5. The molecular formula is C21H26N2. The van der Waals surface area contributed by atoms with Crippen LogP contribution < -0.4 is 5.73 Å². The van der Waals surface area contributed by atoms with Crippen molar-refractivity contribution in [2.75, 3.05) is 5.73 Å². The normalized spacial score (nSPS) is 11.3. The molecule has 120 valence electrons. The van der Waals surface area contributed by atoms with Crippen molar-refractivity contribution in [1.29, 1.82) is 0 Å². The van der Waals surface area contributed by atoms with E-state index in [-0.39, 0.29) is 0 Å². The quantitative estimate of drug-likeness (QED) is 0.336. The molecule has 0 fully saturated rings. The maximum Gasteiger partial charge on any atom is 0.0941 e. The molecule has 0 bridgehead atoms. The molecule has 1 heterocycles. The second kappa shape index (κ2) is 7.45. The van der Waals surface area contributed by atoms with Crippen LogP contribution in [0.1, 0.15) is 51.0 Å². The largest absolute Gasteiger partial charge is 0.397 e. The van der Waals surface area contributed by atoms with E-state index in [2.05, 4.69) is 37.3 Å². The van der Waals surface area contributed by atoms with Gasteiger partial charge in [0.2, 0.25) is 0 Å². The Kier molecular flexibility index (Phi) is 5.12. The number of fused-ring (bicyclic) bond motifs is 2. The average molecular weight is 306 g/mol. The SMILES string of the molecule is CCCCCCCCc1c2ccccc2nc2c(N)cccc12. The lowest BCUT2D eigenvalue weighted by atomic mass is 9.96. The lowest BCUT2D eigenvalue weighted by Gasteiger charge is -2.12. The second-order valence-corrected chi connectivity index (χ2v) is 6.37. The van der Waals surface area contributed by atoms with Gasteiger partial charge in [0.1, 0.15) is 0 Å². The van der Waals surface area contributed by atoms with Crippen LogP contribution in [0.4, 0.5) is 5.69 Å². The number of nitrogens with two attached hydrogens (primary N) is 1. The van der Waals surface area contributed by atoms with Crippen molar-refractivity contribution in [3.05, 3.63) is 48.0 Å². The summed E-state index contributed by atoms with van der Waals surface area (Å²) in [7, 11) is 0. The number of benzene rings is 2. The molecule has 2 N–H and O–H groups in total. The highest BCUT2D eigenvalue weighted by atomic mass is 14.7. The average Bonchev–Trinajstić information content (AvgIpc) is 2.58. The van der Waals surface area contributed by atoms with Crippen molar-refractivity contribution in [1.82, 2.24) is 4.98 Å². The molecule has 0 saturated heterocycles. The lowest BCUT2D eigenvalue weighted by Crippen LogP contribution is -1.96. The third kappa shape index (κ3) is 3.47. The topological polar surface area (TPSA) is 38.9 Å². The number of hydrogen-bond acceptors (Lipinski definition) is 2. The minimum absolute atomic E-state index is 0.775. The Morgan fingerprint density at radius 2 is 1.57 bits per heavy atom. The van der Waals surface area contributed by atoms with Gasteiger partial charge in [0, 0.05) is 10.8 Å². The van der Waals surface area contributed by atoms with Crippen molar-refractivity contribution in [3.63, 3.8) is 0 Å². The molecular weight excluding hydrogens is 280 g/mol. The smallest absolute Gasteiger partial charge is 0.0941 e. The van der Waals surface area contributed by atoms with Crippen molar-refractivity contribution in [2.24, 2.45) is 0 Å².